The standard InChI is InChI=1S/C23H21F3N4O2/c1-29-13-27-28-21(29)22(10-16(11-22)32-2)14-5-3-6-15(9-14)30-12-18-17(20(30)31)7-4-8-19(18)23(24,25)26/h3-9,13,16H,10-12H2,1-2H3/t16-,22+. The number of aryl methyl sites for hydroxylation is 1. The molecule has 6 nitrogen and oxygen atoms in total. The van der Waals surface area contributed by atoms with Crippen LogP contribution in [0.3, 0.4) is 0 Å². The van der Waals surface area contributed by atoms with Gasteiger partial charge in [-0.2, -0.15) is 13.2 Å². The number of benzene rings is 2. The normalized spacial score (nSPS) is 22.7. The van der Waals surface area contributed by atoms with E-state index in [0.29, 0.717) is 18.5 Å². The van der Waals surface area contributed by atoms with Gasteiger partial charge < -0.3 is 14.2 Å². The molecule has 9 heteroatoms. The lowest BCUT2D eigenvalue weighted by molar-refractivity contribution is -0.138. The fraction of sp³-hybridized carbons (Fsp3) is 0.348. The van der Waals surface area contributed by atoms with E-state index in [4.69, 9.17) is 4.74 Å². The number of anilines is 1. The van der Waals surface area contributed by atoms with Crippen LogP contribution in [0, 0.1) is 0 Å². The Morgan fingerprint density at radius 1 is 1.16 bits per heavy atom. The first-order valence-electron chi connectivity index (χ1n) is 10.2. The number of aromatic nitrogens is 3. The molecule has 1 aromatic heterocycles. The van der Waals surface area contributed by atoms with Crippen molar-refractivity contribution in [2.75, 3.05) is 12.0 Å². The maximum Gasteiger partial charge on any atom is 0.416 e. The third-order valence-electron chi connectivity index (χ3n) is 6.61. The number of hydrogen-bond donors (Lipinski definition) is 0. The molecule has 32 heavy (non-hydrogen) atoms. The van der Waals surface area contributed by atoms with Crippen LogP contribution in [-0.2, 0) is 29.9 Å². The Morgan fingerprint density at radius 2 is 1.91 bits per heavy atom. The Labute approximate surface area is 182 Å². The van der Waals surface area contributed by atoms with Crippen LogP contribution in [0.2, 0.25) is 0 Å². The molecule has 0 N–H and O–H groups in total. The molecule has 3 aromatic rings. The number of hydrogen-bond acceptors (Lipinski definition) is 4. The van der Waals surface area contributed by atoms with Crippen molar-refractivity contribution in [1.29, 1.82) is 0 Å². The van der Waals surface area contributed by atoms with Gasteiger partial charge in [0.05, 0.1) is 23.6 Å². The summed E-state index contributed by atoms with van der Waals surface area (Å²) >= 11 is 0. The van der Waals surface area contributed by atoms with Crippen LogP contribution in [0.1, 0.15) is 45.7 Å². The maximum atomic E-state index is 13.5. The van der Waals surface area contributed by atoms with Gasteiger partial charge in [-0.05, 0) is 48.2 Å². The minimum atomic E-state index is -4.51. The molecule has 0 saturated heterocycles. The number of fused-ring (bicyclic) bond motifs is 1. The first-order valence-corrected chi connectivity index (χ1v) is 10.2. The van der Waals surface area contributed by atoms with Crippen molar-refractivity contribution in [3.63, 3.8) is 0 Å². The summed E-state index contributed by atoms with van der Waals surface area (Å²) in [7, 11) is 3.54. The molecule has 0 bridgehead atoms. The Morgan fingerprint density at radius 3 is 2.56 bits per heavy atom. The lowest BCUT2D eigenvalue weighted by Crippen LogP contribution is -2.48. The van der Waals surface area contributed by atoms with Crippen LogP contribution in [-0.4, -0.2) is 33.9 Å². The highest BCUT2D eigenvalue weighted by Gasteiger charge is 2.50. The second-order valence-electron chi connectivity index (χ2n) is 8.38. The predicted molar refractivity (Wildman–Crippen MR) is 110 cm³/mol. The van der Waals surface area contributed by atoms with E-state index in [2.05, 4.69) is 10.2 Å². The fourth-order valence-electron chi connectivity index (χ4n) is 4.93. The van der Waals surface area contributed by atoms with Crippen molar-refractivity contribution in [3.8, 4) is 0 Å². The molecule has 1 aliphatic heterocycles. The number of halogens is 3. The van der Waals surface area contributed by atoms with Gasteiger partial charge in [0, 0.05) is 25.4 Å². The highest BCUT2D eigenvalue weighted by molar-refractivity contribution is 6.10. The van der Waals surface area contributed by atoms with Crippen molar-refractivity contribution in [1.82, 2.24) is 14.8 Å². The summed E-state index contributed by atoms with van der Waals surface area (Å²) in [4.78, 5) is 14.4. The highest BCUT2D eigenvalue weighted by atomic mass is 19.4. The molecule has 0 radical (unpaired) electrons. The molecule has 166 valence electrons. The van der Waals surface area contributed by atoms with E-state index in [0.717, 1.165) is 17.5 Å². The van der Waals surface area contributed by atoms with Gasteiger partial charge in [-0.25, -0.2) is 0 Å². The SMILES string of the molecule is CO[C@H]1C[C@@](c2cccc(N3Cc4c(cccc4C(F)(F)F)C3=O)c2)(c2nncn2C)C1. The average Bonchev–Trinajstić information content (AvgIpc) is 3.31. The van der Waals surface area contributed by atoms with Crippen LogP contribution in [0.25, 0.3) is 0 Å². The summed E-state index contributed by atoms with van der Waals surface area (Å²) in [6.07, 6.45) is -1.40. The second kappa shape index (κ2) is 7.16. The second-order valence-corrected chi connectivity index (χ2v) is 8.38. The topological polar surface area (TPSA) is 60.2 Å². The molecule has 2 heterocycles. The Balaban J connectivity index is 1.54. The first-order chi connectivity index (χ1) is 15.2. The largest absolute Gasteiger partial charge is 0.416 e. The molecule has 1 aliphatic carbocycles. The lowest BCUT2D eigenvalue weighted by Gasteiger charge is -2.46. The number of alkyl halides is 3. The van der Waals surface area contributed by atoms with E-state index in [9.17, 15) is 18.0 Å². The summed E-state index contributed by atoms with van der Waals surface area (Å²) in [5.41, 5.74) is 0.394. The van der Waals surface area contributed by atoms with Crippen LogP contribution < -0.4 is 4.90 Å². The van der Waals surface area contributed by atoms with Gasteiger partial charge in [0.15, 0.2) is 0 Å². The van der Waals surface area contributed by atoms with E-state index in [1.165, 1.54) is 17.0 Å². The zero-order valence-corrected chi connectivity index (χ0v) is 17.6. The zero-order chi connectivity index (χ0) is 22.7. The van der Waals surface area contributed by atoms with Crippen LogP contribution >= 0.6 is 0 Å². The minimum absolute atomic E-state index is 0.0153. The molecule has 1 fully saturated rings. The monoisotopic (exact) mass is 442 g/mol. The smallest absolute Gasteiger partial charge is 0.381 e. The van der Waals surface area contributed by atoms with E-state index in [1.807, 2.05) is 29.8 Å². The third-order valence-corrected chi connectivity index (χ3v) is 6.61. The quantitative estimate of drug-likeness (QED) is 0.611. The molecule has 0 spiro atoms. The number of methoxy groups -OCH3 is 1. The highest BCUT2D eigenvalue weighted by Crippen LogP contribution is 2.50. The van der Waals surface area contributed by atoms with Crippen molar-refractivity contribution in [3.05, 3.63) is 76.9 Å². The van der Waals surface area contributed by atoms with Crippen molar-refractivity contribution in [2.24, 2.45) is 7.05 Å². The molecule has 2 aromatic carbocycles. The minimum Gasteiger partial charge on any atom is -0.381 e. The maximum absolute atomic E-state index is 13.5. The zero-order valence-electron chi connectivity index (χ0n) is 17.6. The summed E-state index contributed by atoms with van der Waals surface area (Å²) in [5, 5.41) is 8.34. The Kier molecular flexibility index (Phi) is 4.63. The predicted octanol–water partition coefficient (Wildman–Crippen LogP) is 4.09. The molecular formula is C23H21F3N4O2. The summed E-state index contributed by atoms with van der Waals surface area (Å²) in [5.74, 6) is 0.359. The van der Waals surface area contributed by atoms with Gasteiger partial charge in [-0.15, -0.1) is 10.2 Å². The average molecular weight is 442 g/mol. The molecule has 1 amide bonds. The molecule has 1 saturated carbocycles. The van der Waals surface area contributed by atoms with Gasteiger partial charge in [-0.1, -0.05) is 18.2 Å². The number of ether oxygens (including phenoxy) is 1. The number of nitrogens with zero attached hydrogens (tertiary/aromatic N) is 4. The van der Waals surface area contributed by atoms with Gasteiger partial charge in [0.2, 0.25) is 0 Å². The van der Waals surface area contributed by atoms with E-state index in [1.54, 1.807) is 19.5 Å². The molecule has 0 unspecified atom stereocenters. The van der Waals surface area contributed by atoms with Gasteiger partial charge >= 0.3 is 6.18 Å². The summed E-state index contributed by atoms with van der Waals surface area (Å²) in [6, 6.07) is 11.2. The van der Waals surface area contributed by atoms with Crippen molar-refractivity contribution < 1.29 is 22.7 Å². The van der Waals surface area contributed by atoms with E-state index in [-0.39, 0.29) is 23.8 Å². The number of rotatable bonds is 4. The van der Waals surface area contributed by atoms with E-state index < -0.39 is 23.1 Å². The Bertz CT molecular complexity index is 1200. The number of amides is 1. The van der Waals surface area contributed by atoms with Crippen LogP contribution in [0.15, 0.2) is 48.8 Å². The third kappa shape index (κ3) is 3.02. The molecule has 5 rings (SSSR count). The van der Waals surface area contributed by atoms with Crippen molar-refractivity contribution in [2.45, 2.75) is 37.1 Å². The molecule has 0 atom stereocenters. The van der Waals surface area contributed by atoms with Gasteiger partial charge in [-0.3, -0.25) is 4.79 Å². The van der Waals surface area contributed by atoms with Crippen LogP contribution in [0.5, 0.6) is 0 Å². The summed E-state index contributed by atoms with van der Waals surface area (Å²) < 4.78 is 47.8. The fourth-order valence-corrected chi connectivity index (χ4v) is 4.93. The number of carbonyl (C=O) groups excluding carboxylic acids is 1. The first kappa shape index (κ1) is 20.7. The van der Waals surface area contributed by atoms with Gasteiger partial charge in [0.1, 0.15) is 12.2 Å². The number of carbonyl (C=O) groups is 1. The lowest BCUT2D eigenvalue weighted by atomic mass is 9.62. The van der Waals surface area contributed by atoms with Gasteiger partial charge in [0.25, 0.3) is 5.91 Å². The van der Waals surface area contributed by atoms with E-state index >= 15 is 0 Å². The van der Waals surface area contributed by atoms with Crippen LogP contribution in [0.4, 0.5) is 18.9 Å². The van der Waals surface area contributed by atoms with Crippen molar-refractivity contribution >= 4 is 11.6 Å². The Hall–Kier alpha value is -3.20. The molecular weight excluding hydrogens is 421 g/mol. The molecule has 2 aliphatic rings. The summed E-state index contributed by atoms with van der Waals surface area (Å²) in [6.45, 7) is -0.120.